The minimum atomic E-state index is -2.73. The van der Waals surface area contributed by atoms with Crippen LogP contribution in [0.3, 0.4) is 0 Å². The van der Waals surface area contributed by atoms with Crippen molar-refractivity contribution in [2.45, 2.75) is 32.4 Å². The fraction of sp³-hybridized carbons (Fsp3) is 0.278. The summed E-state index contributed by atoms with van der Waals surface area (Å²) in [7, 11) is -2.73. The first kappa shape index (κ1) is 18.2. The zero-order valence-corrected chi connectivity index (χ0v) is 14.9. The predicted octanol–water partition coefficient (Wildman–Crippen LogP) is 3.39. The SMILES string of the molecule is CC(C)(C)OC(=O)NC(c1ccccc1)c1ccc([PH](=O)O)cc1. The third-order valence-corrected chi connectivity index (χ3v) is 4.11. The molecular weight excluding hydrogens is 325 g/mol. The average Bonchev–Trinajstić information content (AvgIpc) is 2.52. The number of alkyl carbamates (subject to hydrolysis) is 1. The van der Waals surface area contributed by atoms with Crippen LogP contribution in [0.25, 0.3) is 0 Å². The molecule has 24 heavy (non-hydrogen) atoms. The third-order valence-electron chi connectivity index (χ3n) is 3.28. The van der Waals surface area contributed by atoms with Gasteiger partial charge >= 0.3 is 6.09 Å². The maximum absolute atomic E-state index is 12.2. The lowest BCUT2D eigenvalue weighted by Crippen LogP contribution is -2.35. The molecule has 0 spiro atoms. The van der Waals surface area contributed by atoms with Crippen LogP contribution in [0, 0.1) is 0 Å². The summed E-state index contributed by atoms with van der Waals surface area (Å²) in [5.74, 6) is 0. The molecule has 2 aromatic rings. The number of hydrogen-bond donors (Lipinski definition) is 2. The van der Waals surface area contributed by atoms with Crippen LogP contribution in [0.15, 0.2) is 54.6 Å². The first-order valence-corrected chi connectivity index (χ1v) is 8.99. The summed E-state index contributed by atoms with van der Waals surface area (Å²) < 4.78 is 16.5. The van der Waals surface area contributed by atoms with E-state index < -0.39 is 25.8 Å². The van der Waals surface area contributed by atoms with E-state index in [1.165, 1.54) is 0 Å². The molecule has 2 rings (SSSR count). The molecule has 6 heteroatoms. The van der Waals surface area contributed by atoms with Crippen molar-refractivity contribution in [3.05, 3.63) is 65.7 Å². The summed E-state index contributed by atoms with van der Waals surface area (Å²) in [6.45, 7) is 5.41. The minimum Gasteiger partial charge on any atom is -0.444 e. The van der Waals surface area contributed by atoms with E-state index in [1.807, 2.05) is 30.3 Å². The van der Waals surface area contributed by atoms with Crippen LogP contribution in [0.5, 0.6) is 0 Å². The first-order valence-electron chi connectivity index (χ1n) is 7.64. The van der Waals surface area contributed by atoms with Crippen molar-refractivity contribution < 1.29 is 19.0 Å². The van der Waals surface area contributed by atoms with Crippen LogP contribution < -0.4 is 10.6 Å². The van der Waals surface area contributed by atoms with E-state index in [1.54, 1.807) is 45.0 Å². The molecule has 2 unspecified atom stereocenters. The fourth-order valence-corrected chi connectivity index (χ4v) is 2.70. The number of carbonyl (C=O) groups is 1. The van der Waals surface area contributed by atoms with E-state index in [0.717, 1.165) is 11.1 Å². The molecule has 5 nitrogen and oxygen atoms in total. The van der Waals surface area contributed by atoms with E-state index in [9.17, 15) is 14.3 Å². The van der Waals surface area contributed by atoms with Crippen molar-refractivity contribution in [3.8, 4) is 0 Å². The highest BCUT2D eigenvalue weighted by Gasteiger charge is 2.21. The normalized spacial score (nSPS) is 13.8. The molecule has 0 aliphatic carbocycles. The van der Waals surface area contributed by atoms with Crippen molar-refractivity contribution in [1.29, 1.82) is 0 Å². The largest absolute Gasteiger partial charge is 0.444 e. The van der Waals surface area contributed by atoms with Gasteiger partial charge in [-0.2, -0.15) is 0 Å². The molecule has 0 aliphatic rings. The average molecular weight is 347 g/mol. The van der Waals surface area contributed by atoms with Gasteiger partial charge in [-0.05, 0) is 44.0 Å². The van der Waals surface area contributed by atoms with Gasteiger partial charge < -0.3 is 14.9 Å². The molecule has 0 radical (unpaired) electrons. The van der Waals surface area contributed by atoms with Crippen LogP contribution in [0.1, 0.15) is 37.9 Å². The second-order valence-corrected chi connectivity index (χ2v) is 7.60. The standard InChI is InChI=1S/C18H22NO4P/c1-18(2,3)23-17(20)19-16(13-7-5-4-6-8-13)14-9-11-15(12-10-14)24(21)22/h4-12,16,24H,1-3H3,(H,19,20)(H,21,22). The molecule has 0 aromatic heterocycles. The Morgan fingerprint density at radius 1 is 1.04 bits per heavy atom. The van der Waals surface area contributed by atoms with Crippen LogP contribution >= 0.6 is 8.03 Å². The molecule has 0 aliphatic heterocycles. The highest BCUT2D eigenvalue weighted by molar-refractivity contribution is 7.47. The molecule has 0 saturated carbocycles. The van der Waals surface area contributed by atoms with Crippen molar-refractivity contribution >= 4 is 19.4 Å². The lowest BCUT2D eigenvalue weighted by Gasteiger charge is -2.24. The van der Waals surface area contributed by atoms with Crippen molar-refractivity contribution in [2.75, 3.05) is 0 Å². The number of amides is 1. The maximum atomic E-state index is 12.2. The van der Waals surface area contributed by atoms with Gasteiger partial charge in [0.2, 0.25) is 8.03 Å². The zero-order valence-electron chi connectivity index (χ0n) is 13.9. The second kappa shape index (κ2) is 7.65. The number of hydrogen-bond acceptors (Lipinski definition) is 3. The molecule has 2 atom stereocenters. The van der Waals surface area contributed by atoms with Crippen LogP contribution in [0.4, 0.5) is 4.79 Å². The summed E-state index contributed by atoms with van der Waals surface area (Å²) in [6.07, 6.45) is -0.517. The highest BCUT2D eigenvalue weighted by atomic mass is 31.1. The topological polar surface area (TPSA) is 75.6 Å². The van der Waals surface area contributed by atoms with Gasteiger partial charge in [-0.25, -0.2) is 4.79 Å². The fourth-order valence-electron chi connectivity index (χ4n) is 2.25. The third kappa shape index (κ3) is 5.22. The van der Waals surface area contributed by atoms with Crippen LogP contribution in [0.2, 0.25) is 0 Å². The van der Waals surface area contributed by atoms with Gasteiger partial charge in [0.15, 0.2) is 0 Å². The summed E-state index contributed by atoms with van der Waals surface area (Å²) in [5, 5.41) is 3.24. The number of nitrogens with one attached hydrogen (secondary N) is 1. The van der Waals surface area contributed by atoms with E-state index in [2.05, 4.69) is 5.32 Å². The molecule has 0 bridgehead atoms. The van der Waals surface area contributed by atoms with Crippen molar-refractivity contribution in [1.82, 2.24) is 5.32 Å². The Hall–Kier alpha value is -2.10. The maximum Gasteiger partial charge on any atom is 0.408 e. The summed E-state index contributed by atoms with van der Waals surface area (Å²) >= 11 is 0. The second-order valence-electron chi connectivity index (χ2n) is 6.42. The number of rotatable bonds is 4. The van der Waals surface area contributed by atoms with Gasteiger partial charge in [-0.1, -0.05) is 42.5 Å². The Morgan fingerprint density at radius 2 is 1.58 bits per heavy atom. The summed E-state index contributed by atoms with van der Waals surface area (Å²) in [6, 6.07) is 15.8. The van der Waals surface area contributed by atoms with E-state index in [4.69, 9.17) is 4.74 Å². The quantitative estimate of drug-likeness (QED) is 0.831. The molecule has 0 saturated heterocycles. The van der Waals surface area contributed by atoms with Gasteiger partial charge in [-0.15, -0.1) is 0 Å². The van der Waals surface area contributed by atoms with Gasteiger partial charge in [-0.3, -0.25) is 4.57 Å². The Balaban J connectivity index is 2.30. The van der Waals surface area contributed by atoms with Crippen LogP contribution in [-0.4, -0.2) is 16.6 Å². The monoisotopic (exact) mass is 347 g/mol. The van der Waals surface area contributed by atoms with Crippen molar-refractivity contribution in [3.63, 3.8) is 0 Å². The highest BCUT2D eigenvalue weighted by Crippen LogP contribution is 2.23. The lowest BCUT2D eigenvalue weighted by atomic mass is 9.99. The first-order chi connectivity index (χ1) is 11.3. The zero-order chi connectivity index (χ0) is 17.7. The predicted molar refractivity (Wildman–Crippen MR) is 95.0 cm³/mol. The van der Waals surface area contributed by atoms with Gasteiger partial charge in [0.25, 0.3) is 0 Å². The Kier molecular flexibility index (Phi) is 5.81. The lowest BCUT2D eigenvalue weighted by molar-refractivity contribution is 0.0512. The molecule has 128 valence electrons. The number of benzene rings is 2. The molecule has 2 aromatic carbocycles. The van der Waals surface area contributed by atoms with Gasteiger partial charge in [0.1, 0.15) is 5.60 Å². The van der Waals surface area contributed by atoms with Crippen molar-refractivity contribution in [2.24, 2.45) is 0 Å². The number of ether oxygens (including phenoxy) is 1. The molecule has 2 N–H and O–H groups in total. The molecule has 0 heterocycles. The summed E-state index contributed by atoms with van der Waals surface area (Å²) in [4.78, 5) is 21.4. The molecule has 0 fully saturated rings. The van der Waals surface area contributed by atoms with E-state index in [0.29, 0.717) is 5.30 Å². The van der Waals surface area contributed by atoms with Gasteiger partial charge in [0, 0.05) is 5.30 Å². The molecular formula is C18H22NO4P. The Labute approximate surface area is 142 Å². The minimum absolute atomic E-state index is 0.382. The Bertz CT molecular complexity index is 708. The summed E-state index contributed by atoms with van der Waals surface area (Å²) in [5.41, 5.74) is 1.11. The Morgan fingerprint density at radius 3 is 2.08 bits per heavy atom. The molecule has 1 amide bonds. The van der Waals surface area contributed by atoms with E-state index >= 15 is 0 Å². The number of carbonyl (C=O) groups excluding carboxylic acids is 1. The van der Waals surface area contributed by atoms with E-state index in [-0.39, 0.29) is 0 Å². The smallest absolute Gasteiger partial charge is 0.408 e. The van der Waals surface area contributed by atoms with Gasteiger partial charge in [0.05, 0.1) is 6.04 Å². The van der Waals surface area contributed by atoms with Crippen LogP contribution in [-0.2, 0) is 9.30 Å².